The van der Waals surface area contributed by atoms with Crippen LogP contribution in [0.2, 0.25) is 0 Å². The maximum absolute atomic E-state index is 12.6. The molecule has 1 aromatic rings. The summed E-state index contributed by atoms with van der Waals surface area (Å²) in [6.07, 6.45) is 0. The van der Waals surface area contributed by atoms with Gasteiger partial charge in [-0.1, -0.05) is 32.9 Å². The molecule has 0 spiro atoms. The molecule has 0 heterocycles. The van der Waals surface area contributed by atoms with Gasteiger partial charge in [-0.3, -0.25) is 0 Å². The highest BCUT2D eigenvalue weighted by Crippen LogP contribution is 2.28. The fourth-order valence-electron chi connectivity index (χ4n) is 1.78. The monoisotopic (exact) mass is 299 g/mol. The molecule has 0 aromatic heterocycles. The first-order chi connectivity index (χ1) is 8.99. The minimum absolute atomic E-state index is 0.175. The minimum atomic E-state index is -3.84. The number of rotatable bonds is 4. The molecule has 0 bridgehead atoms. The van der Waals surface area contributed by atoms with Crippen LogP contribution in [0.3, 0.4) is 0 Å². The van der Waals surface area contributed by atoms with Crippen LogP contribution in [0.1, 0.15) is 38.1 Å². The second-order valence-corrected chi connectivity index (χ2v) is 7.83. The minimum Gasteiger partial charge on any atom is -0.478 e. The Labute approximate surface area is 120 Å². The lowest BCUT2D eigenvalue weighted by Gasteiger charge is -2.34. The third-order valence-corrected chi connectivity index (χ3v) is 5.56. The maximum atomic E-state index is 12.6. The first kappa shape index (κ1) is 16.7. The van der Waals surface area contributed by atoms with Gasteiger partial charge in [0.15, 0.2) is 0 Å². The predicted octanol–water partition coefficient (Wildman–Crippen LogP) is 2.44. The molecule has 0 amide bonds. The molecular weight excluding hydrogens is 278 g/mol. The number of sulfonamides is 1. The number of carboxylic acid groups (broad SMARTS) is 1. The summed E-state index contributed by atoms with van der Waals surface area (Å²) < 4.78 is 26.4. The van der Waals surface area contributed by atoms with Gasteiger partial charge in [0.25, 0.3) is 0 Å². The molecular formula is C14H21NO4S. The van der Waals surface area contributed by atoms with Gasteiger partial charge < -0.3 is 5.11 Å². The number of nitrogens with zero attached hydrogens (tertiary/aromatic N) is 1. The summed E-state index contributed by atoms with van der Waals surface area (Å²) >= 11 is 0. The molecule has 0 saturated heterocycles. The summed E-state index contributed by atoms with van der Waals surface area (Å²) in [5.41, 5.74) is -0.458. The Morgan fingerprint density at radius 2 is 1.75 bits per heavy atom. The molecule has 5 nitrogen and oxygen atoms in total. The van der Waals surface area contributed by atoms with Crippen molar-refractivity contribution in [2.45, 2.75) is 38.6 Å². The van der Waals surface area contributed by atoms with Gasteiger partial charge in [0, 0.05) is 13.1 Å². The van der Waals surface area contributed by atoms with Gasteiger partial charge >= 0.3 is 5.97 Å². The van der Waals surface area contributed by atoms with E-state index in [2.05, 4.69) is 0 Å². The van der Waals surface area contributed by atoms with E-state index in [9.17, 15) is 13.2 Å². The normalized spacial score (nSPS) is 14.3. The zero-order chi connectivity index (χ0) is 15.7. The molecule has 1 aromatic carbocycles. The van der Waals surface area contributed by atoms with Crippen LogP contribution in [0.4, 0.5) is 0 Å². The van der Waals surface area contributed by atoms with Crippen molar-refractivity contribution in [3.63, 3.8) is 0 Å². The van der Waals surface area contributed by atoms with Crippen molar-refractivity contribution in [1.82, 2.24) is 4.31 Å². The molecule has 1 N–H and O–H groups in total. The average Bonchev–Trinajstić information content (AvgIpc) is 2.35. The Morgan fingerprint density at radius 1 is 1.25 bits per heavy atom. The highest BCUT2D eigenvalue weighted by Gasteiger charge is 2.34. The Hall–Kier alpha value is -1.40. The number of hydrogen-bond acceptors (Lipinski definition) is 3. The second kappa shape index (κ2) is 5.54. The van der Waals surface area contributed by atoms with Crippen LogP contribution in [0.15, 0.2) is 29.2 Å². The van der Waals surface area contributed by atoms with Crippen LogP contribution in [0.5, 0.6) is 0 Å². The third-order valence-electron chi connectivity index (χ3n) is 3.57. The summed E-state index contributed by atoms with van der Waals surface area (Å²) in [4.78, 5) is 11.0. The SMILES string of the molecule is CC(N(C)S(=O)(=O)c1ccccc1C(=O)O)C(C)(C)C. The second-order valence-electron chi connectivity index (χ2n) is 5.86. The summed E-state index contributed by atoms with van der Waals surface area (Å²) in [6.45, 7) is 7.62. The predicted molar refractivity (Wildman–Crippen MR) is 77.3 cm³/mol. The van der Waals surface area contributed by atoms with Crippen molar-refractivity contribution in [3.05, 3.63) is 29.8 Å². The molecule has 0 aliphatic rings. The summed E-state index contributed by atoms with van der Waals surface area (Å²) in [5, 5.41) is 9.13. The topological polar surface area (TPSA) is 74.7 Å². The van der Waals surface area contributed by atoms with Gasteiger partial charge in [-0.05, 0) is 24.5 Å². The van der Waals surface area contributed by atoms with Crippen molar-refractivity contribution >= 4 is 16.0 Å². The van der Waals surface area contributed by atoms with Crippen LogP contribution in [0, 0.1) is 5.41 Å². The molecule has 20 heavy (non-hydrogen) atoms. The largest absolute Gasteiger partial charge is 0.478 e. The Bertz CT molecular complexity index is 602. The smallest absolute Gasteiger partial charge is 0.337 e. The number of hydrogen-bond donors (Lipinski definition) is 1. The summed E-state index contributed by atoms with van der Waals surface area (Å²) in [6, 6.07) is 5.38. The summed E-state index contributed by atoms with van der Waals surface area (Å²) in [7, 11) is -2.37. The van der Waals surface area contributed by atoms with Gasteiger partial charge in [0.1, 0.15) is 0 Å². The molecule has 1 rings (SSSR count). The fourth-order valence-corrected chi connectivity index (χ4v) is 3.50. The lowest BCUT2D eigenvalue weighted by Crippen LogP contribution is -2.43. The van der Waals surface area contributed by atoms with E-state index < -0.39 is 16.0 Å². The van der Waals surface area contributed by atoms with Gasteiger partial charge in [0.2, 0.25) is 10.0 Å². The number of benzene rings is 1. The quantitative estimate of drug-likeness (QED) is 0.926. The lowest BCUT2D eigenvalue weighted by atomic mass is 9.88. The number of aromatic carboxylic acids is 1. The first-order valence-corrected chi connectivity index (χ1v) is 7.74. The Kier molecular flexibility index (Phi) is 4.61. The molecule has 0 aliphatic carbocycles. The van der Waals surface area contributed by atoms with E-state index in [1.165, 1.54) is 35.6 Å². The van der Waals surface area contributed by atoms with Crippen LogP contribution < -0.4 is 0 Å². The van der Waals surface area contributed by atoms with E-state index in [0.29, 0.717) is 0 Å². The van der Waals surface area contributed by atoms with Crippen LogP contribution >= 0.6 is 0 Å². The van der Waals surface area contributed by atoms with Crippen LogP contribution in [-0.2, 0) is 10.0 Å². The van der Waals surface area contributed by atoms with Crippen molar-refractivity contribution in [2.75, 3.05) is 7.05 Å². The van der Waals surface area contributed by atoms with Crippen LogP contribution in [0.25, 0.3) is 0 Å². The molecule has 0 saturated carbocycles. The van der Waals surface area contributed by atoms with E-state index in [0.717, 1.165) is 0 Å². The van der Waals surface area contributed by atoms with Gasteiger partial charge in [-0.25, -0.2) is 13.2 Å². The Morgan fingerprint density at radius 3 is 2.20 bits per heavy atom. The average molecular weight is 299 g/mol. The van der Waals surface area contributed by atoms with E-state index >= 15 is 0 Å². The highest BCUT2D eigenvalue weighted by molar-refractivity contribution is 7.89. The molecule has 1 atom stereocenters. The van der Waals surface area contributed by atoms with E-state index in [1.807, 2.05) is 20.8 Å². The van der Waals surface area contributed by atoms with E-state index in [-0.39, 0.29) is 21.9 Å². The van der Waals surface area contributed by atoms with Gasteiger partial charge in [-0.15, -0.1) is 0 Å². The molecule has 0 radical (unpaired) electrons. The van der Waals surface area contributed by atoms with Gasteiger partial charge in [0.05, 0.1) is 10.5 Å². The zero-order valence-electron chi connectivity index (χ0n) is 12.4. The molecule has 6 heteroatoms. The van der Waals surface area contributed by atoms with E-state index in [4.69, 9.17) is 5.11 Å². The number of carbonyl (C=O) groups is 1. The molecule has 0 aliphatic heterocycles. The van der Waals surface area contributed by atoms with Crippen molar-refractivity contribution in [3.8, 4) is 0 Å². The van der Waals surface area contributed by atoms with Crippen molar-refractivity contribution < 1.29 is 18.3 Å². The third kappa shape index (κ3) is 3.19. The molecule has 1 unspecified atom stereocenters. The van der Waals surface area contributed by atoms with Crippen LogP contribution in [-0.4, -0.2) is 36.9 Å². The van der Waals surface area contributed by atoms with Crippen molar-refractivity contribution in [1.29, 1.82) is 0 Å². The first-order valence-electron chi connectivity index (χ1n) is 6.30. The standard InChI is InChI=1S/C14H21NO4S/c1-10(14(2,3)4)15(5)20(18,19)12-9-7-6-8-11(12)13(16)17/h6-10H,1-5H3,(H,16,17). The summed E-state index contributed by atoms with van der Waals surface area (Å²) in [5.74, 6) is -1.25. The molecule has 0 fully saturated rings. The van der Waals surface area contributed by atoms with E-state index in [1.54, 1.807) is 6.92 Å². The Balaban J connectivity index is 3.35. The highest BCUT2D eigenvalue weighted by atomic mass is 32.2. The molecule has 112 valence electrons. The zero-order valence-corrected chi connectivity index (χ0v) is 13.2. The lowest BCUT2D eigenvalue weighted by molar-refractivity contribution is 0.0692. The fraction of sp³-hybridized carbons (Fsp3) is 0.500. The van der Waals surface area contributed by atoms with Gasteiger partial charge in [-0.2, -0.15) is 4.31 Å². The van der Waals surface area contributed by atoms with Crippen molar-refractivity contribution in [2.24, 2.45) is 5.41 Å². The maximum Gasteiger partial charge on any atom is 0.337 e. The number of carboxylic acids is 1.